The second-order valence-electron chi connectivity index (χ2n) is 2.87. The van der Waals surface area contributed by atoms with Gasteiger partial charge in [0, 0.05) is 6.08 Å². The highest BCUT2D eigenvalue weighted by molar-refractivity contribution is 5.90. The van der Waals surface area contributed by atoms with Gasteiger partial charge in [0.15, 0.2) is 0 Å². The van der Waals surface area contributed by atoms with Gasteiger partial charge in [0.25, 0.3) is 0 Å². The molecule has 0 N–H and O–H groups in total. The van der Waals surface area contributed by atoms with Crippen LogP contribution in [0.2, 0.25) is 0 Å². The molecule has 2 nitrogen and oxygen atoms in total. The maximum absolute atomic E-state index is 11.1. The Bertz CT molecular complexity index is 325. The van der Waals surface area contributed by atoms with Crippen molar-refractivity contribution < 1.29 is 9.53 Å². The molecule has 14 heavy (non-hydrogen) atoms. The fourth-order valence-electron chi connectivity index (χ4n) is 1.08. The van der Waals surface area contributed by atoms with Crippen molar-refractivity contribution in [3.63, 3.8) is 0 Å². The van der Waals surface area contributed by atoms with Gasteiger partial charge < -0.3 is 4.74 Å². The molecule has 1 radical (unpaired) electrons. The third-order valence-electron chi connectivity index (χ3n) is 1.78. The van der Waals surface area contributed by atoms with E-state index in [-0.39, 0.29) is 5.97 Å². The van der Waals surface area contributed by atoms with Crippen LogP contribution in [-0.4, -0.2) is 12.6 Å². The number of esters is 1. The molecule has 73 valence electrons. The van der Waals surface area contributed by atoms with E-state index < -0.39 is 0 Å². The Morgan fingerprint density at radius 3 is 3.00 bits per heavy atom. The molecule has 0 spiro atoms. The largest absolute Gasteiger partial charge is 0.463 e. The van der Waals surface area contributed by atoms with Gasteiger partial charge in [0.1, 0.15) is 0 Å². The van der Waals surface area contributed by atoms with E-state index in [4.69, 9.17) is 4.74 Å². The maximum atomic E-state index is 11.1. The van der Waals surface area contributed by atoms with Gasteiger partial charge in [-0.25, -0.2) is 4.79 Å². The van der Waals surface area contributed by atoms with Crippen molar-refractivity contribution in [1.29, 1.82) is 0 Å². The quantitative estimate of drug-likeness (QED) is 0.539. The van der Waals surface area contributed by atoms with Crippen LogP contribution >= 0.6 is 0 Å². The minimum atomic E-state index is -0.297. The van der Waals surface area contributed by atoms with Crippen molar-refractivity contribution in [2.45, 2.75) is 13.8 Å². The van der Waals surface area contributed by atoms with Crippen LogP contribution in [0, 0.1) is 6.07 Å². The lowest BCUT2D eigenvalue weighted by molar-refractivity contribution is -0.137. The minimum absolute atomic E-state index is 0.297. The van der Waals surface area contributed by atoms with E-state index in [9.17, 15) is 4.79 Å². The number of carbonyl (C=O) groups excluding carboxylic acids is 1. The SMILES string of the molecule is CCOC(=O)/C=C(\C)c1c[c]ccc1. The predicted octanol–water partition coefficient (Wildman–Crippen LogP) is 2.45. The summed E-state index contributed by atoms with van der Waals surface area (Å²) in [4.78, 5) is 11.1. The Morgan fingerprint density at radius 2 is 2.43 bits per heavy atom. The molecule has 0 amide bonds. The lowest BCUT2D eigenvalue weighted by Gasteiger charge is -2.00. The van der Waals surface area contributed by atoms with E-state index in [1.165, 1.54) is 6.08 Å². The summed E-state index contributed by atoms with van der Waals surface area (Å²) in [6, 6.07) is 10.4. The molecule has 0 heterocycles. The van der Waals surface area contributed by atoms with Gasteiger partial charge >= 0.3 is 5.97 Å². The lowest BCUT2D eigenvalue weighted by Crippen LogP contribution is -2.00. The zero-order chi connectivity index (χ0) is 10.4. The van der Waals surface area contributed by atoms with E-state index >= 15 is 0 Å². The first-order valence-corrected chi connectivity index (χ1v) is 4.55. The Hall–Kier alpha value is -1.57. The number of allylic oxidation sites excluding steroid dienone is 1. The van der Waals surface area contributed by atoms with Crippen molar-refractivity contribution in [3.8, 4) is 0 Å². The fourth-order valence-corrected chi connectivity index (χ4v) is 1.08. The molecule has 1 aromatic rings. The molecule has 0 fully saturated rings. The monoisotopic (exact) mass is 189 g/mol. The molecule has 1 aromatic carbocycles. The van der Waals surface area contributed by atoms with Gasteiger partial charge in [0.05, 0.1) is 6.61 Å². The topological polar surface area (TPSA) is 26.3 Å². The first kappa shape index (κ1) is 10.5. The normalized spacial score (nSPS) is 11.1. The Labute approximate surface area is 84.2 Å². The Morgan fingerprint density at radius 1 is 1.64 bits per heavy atom. The molecule has 0 aliphatic heterocycles. The van der Waals surface area contributed by atoms with Crippen LogP contribution in [0.25, 0.3) is 5.57 Å². The number of rotatable bonds is 3. The summed E-state index contributed by atoms with van der Waals surface area (Å²) in [6.07, 6.45) is 1.49. The molecule has 0 bridgehead atoms. The van der Waals surface area contributed by atoms with Crippen molar-refractivity contribution in [2.24, 2.45) is 0 Å². The maximum Gasteiger partial charge on any atom is 0.331 e. The van der Waals surface area contributed by atoms with E-state index in [0.717, 1.165) is 11.1 Å². The molecule has 0 unspecified atom stereocenters. The third-order valence-corrected chi connectivity index (χ3v) is 1.78. The minimum Gasteiger partial charge on any atom is -0.463 e. The molecule has 0 aromatic heterocycles. The number of hydrogen-bond donors (Lipinski definition) is 0. The van der Waals surface area contributed by atoms with Gasteiger partial charge in [-0.15, -0.1) is 0 Å². The molecule has 1 rings (SSSR count). The lowest BCUT2D eigenvalue weighted by atomic mass is 10.1. The van der Waals surface area contributed by atoms with Gasteiger partial charge in [-0.3, -0.25) is 0 Å². The number of ether oxygens (including phenoxy) is 1. The van der Waals surface area contributed by atoms with E-state index in [1.54, 1.807) is 6.92 Å². The van der Waals surface area contributed by atoms with Gasteiger partial charge in [-0.05, 0) is 37.1 Å². The highest BCUT2D eigenvalue weighted by Gasteiger charge is 1.99. The van der Waals surface area contributed by atoms with E-state index in [0.29, 0.717) is 6.61 Å². The summed E-state index contributed by atoms with van der Waals surface area (Å²) in [5, 5.41) is 0. The summed E-state index contributed by atoms with van der Waals surface area (Å²) >= 11 is 0. The first-order chi connectivity index (χ1) is 6.74. The first-order valence-electron chi connectivity index (χ1n) is 4.55. The van der Waals surface area contributed by atoms with Crippen LogP contribution in [0.4, 0.5) is 0 Å². The molecule has 2 heteroatoms. The van der Waals surface area contributed by atoms with Crippen LogP contribution < -0.4 is 0 Å². The average Bonchev–Trinajstić information content (AvgIpc) is 2.19. The number of benzene rings is 1. The van der Waals surface area contributed by atoms with Crippen LogP contribution in [0.1, 0.15) is 19.4 Å². The summed E-state index contributed by atoms with van der Waals surface area (Å²) in [7, 11) is 0. The Kier molecular flexibility index (Phi) is 3.92. The predicted molar refractivity (Wildman–Crippen MR) is 55.6 cm³/mol. The second kappa shape index (κ2) is 5.22. The fraction of sp³-hybridized carbons (Fsp3) is 0.250. The van der Waals surface area contributed by atoms with Gasteiger partial charge in [-0.1, -0.05) is 18.2 Å². The zero-order valence-corrected chi connectivity index (χ0v) is 8.41. The number of carbonyl (C=O) groups is 1. The molecule has 0 aliphatic rings. The average molecular weight is 189 g/mol. The van der Waals surface area contributed by atoms with Crippen LogP contribution in [0.3, 0.4) is 0 Å². The standard InChI is InChI=1S/C12H13O2/c1-3-14-12(13)9-10(2)11-7-5-4-6-8-11/h4-5,7-9H,3H2,1-2H3/b10-9+. The van der Waals surface area contributed by atoms with Crippen molar-refractivity contribution >= 4 is 11.5 Å². The summed E-state index contributed by atoms with van der Waals surface area (Å²) in [6.45, 7) is 4.07. The van der Waals surface area contributed by atoms with E-state index in [2.05, 4.69) is 6.07 Å². The molecular weight excluding hydrogens is 176 g/mol. The van der Waals surface area contributed by atoms with Crippen molar-refractivity contribution in [2.75, 3.05) is 6.61 Å². The molecule has 0 saturated heterocycles. The second-order valence-corrected chi connectivity index (χ2v) is 2.87. The van der Waals surface area contributed by atoms with Gasteiger partial charge in [-0.2, -0.15) is 0 Å². The zero-order valence-electron chi connectivity index (χ0n) is 8.41. The van der Waals surface area contributed by atoms with E-state index in [1.807, 2.05) is 31.2 Å². The Balaban J connectivity index is 2.75. The highest BCUT2D eigenvalue weighted by Crippen LogP contribution is 2.12. The molecular formula is C12H13O2. The molecule has 0 saturated carbocycles. The van der Waals surface area contributed by atoms with Crippen molar-refractivity contribution in [1.82, 2.24) is 0 Å². The summed E-state index contributed by atoms with van der Waals surface area (Å²) in [5.41, 5.74) is 1.88. The van der Waals surface area contributed by atoms with Crippen LogP contribution in [-0.2, 0) is 9.53 Å². The third kappa shape index (κ3) is 3.05. The number of hydrogen-bond acceptors (Lipinski definition) is 2. The van der Waals surface area contributed by atoms with Crippen molar-refractivity contribution in [3.05, 3.63) is 42.0 Å². The van der Waals surface area contributed by atoms with Gasteiger partial charge in [0.2, 0.25) is 0 Å². The van der Waals surface area contributed by atoms with Crippen LogP contribution in [0.15, 0.2) is 30.3 Å². The summed E-state index contributed by atoms with van der Waals surface area (Å²) in [5.74, 6) is -0.297. The smallest absolute Gasteiger partial charge is 0.331 e. The van der Waals surface area contributed by atoms with Crippen LogP contribution in [0.5, 0.6) is 0 Å². The molecule has 0 atom stereocenters. The molecule has 0 aliphatic carbocycles. The summed E-state index contributed by atoms with van der Waals surface area (Å²) < 4.78 is 4.81. The highest BCUT2D eigenvalue weighted by atomic mass is 16.5.